The molecule has 1 aromatic carbocycles. The van der Waals surface area contributed by atoms with E-state index in [-0.39, 0.29) is 33.2 Å². The Hall–Kier alpha value is -4.01. The number of rotatable bonds is 6. The summed E-state index contributed by atoms with van der Waals surface area (Å²) < 4.78 is 21.3. The molecule has 0 amide bonds. The first kappa shape index (κ1) is 23.2. The Bertz CT molecular complexity index is 1620. The van der Waals surface area contributed by atoms with E-state index in [1.54, 1.807) is 13.1 Å². The van der Waals surface area contributed by atoms with Crippen LogP contribution in [0.3, 0.4) is 0 Å². The lowest BCUT2D eigenvalue weighted by atomic mass is 10.1. The second-order valence-electron chi connectivity index (χ2n) is 6.98. The highest BCUT2D eigenvalue weighted by Crippen LogP contribution is 2.39. The summed E-state index contributed by atoms with van der Waals surface area (Å²) in [6.45, 7) is -0.321. The van der Waals surface area contributed by atoms with Gasteiger partial charge in [-0.05, 0) is 18.2 Å². The van der Waals surface area contributed by atoms with E-state index in [9.17, 15) is 19.2 Å². The number of hydrogen-bond acceptors (Lipinski definition) is 8. The molecule has 0 bridgehead atoms. The first-order valence-corrected chi connectivity index (χ1v) is 10.9. The van der Waals surface area contributed by atoms with Gasteiger partial charge in [-0.1, -0.05) is 11.6 Å². The topological polar surface area (TPSA) is 126 Å². The van der Waals surface area contributed by atoms with Gasteiger partial charge in [0.1, 0.15) is 11.2 Å². The minimum absolute atomic E-state index is 0.0307. The van der Waals surface area contributed by atoms with Gasteiger partial charge in [-0.3, -0.25) is 14.3 Å². The second-order valence-corrected chi connectivity index (χ2v) is 8.44. The Kier molecular flexibility index (Phi) is 6.19. The average Bonchev–Trinajstić information content (AvgIpc) is 3.27. The molecular formula is C22H16ClFN6O3S. The van der Waals surface area contributed by atoms with Crippen LogP contribution in [-0.4, -0.2) is 34.5 Å². The quantitative estimate of drug-likeness (QED) is 0.391. The Balaban J connectivity index is 2.09. The van der Waals surface area contributed by atoms with Crippen LogP contribution >= 0.6 is 22.9 Å². The predicted octanol–water partition coefficient (Wildman–Crippen LogP) is 3.64. The van der Waals surface area contributed by atoms with Gasteiger partial charge in [0, 0.05) is 35.5 Å². The van der Waals surface area contributed by atoms with Gasteiger partial charge < -0.3 is 15.5 Å². The summed E-state index contributed by atoms with van der Waals surface area (Å²) in [7, 11) is 2.91. The summed E-state index contributed by atoms with van der Waals surface area (Å²) in [5.41, 5.74) is 0.150. The predicted molar refractivity (Wildman–Crippen MR) is 129 cm³/mol. The van der Waals surface area contributed by atoms with E-state index in [4.69, 9.17) is 21.7 Å². The van der Waals surface area contributed by atoms with Crippen molar-refractivity contribution in [3.8, 4) is 27.9 Å². The molecule has 0 saturated carbocycles. The van der Waals surface area contributed by atoms with Crippen molar-refractivity contribution in [1.82, 2.24) is 14.1 Å². The van der Waals surface area contributed by atoms with Crippen LogP contribution in [0, 0.1) is 22.6 Å². The number of aromatic nitrogens is 3. The SMILES string of the molecule is CNc1c(C=N)cncc1-n1c(=O)c2sc(-c3cc(OC)c(F)cc3Cl)cc2n(CC#N)c1=O. The van der Waals surface area contributed by atoms with E-state index < -0.39 is 17.1 Å². The van der Waals surface area contributed by atoms with E-state index in [1.165, 1.54) is 30.1 Å². The number of hydrogen-bond donors (Lipinski definition) is 2. The molecule has 0 fully saturated rings. The van der Waals surface area contributed by atoms with E-state index >= 15 is 0 Å². The van der Waals surface area contributed by atoms with Crippen LogP contribution in [-0.2, 0) is 6.54 Å². The molecule has 3 heterocycles. The van der Waals surface area contributed by atoms with E-state index in [1.807, 2.05) is 6.07 Å². The van der Waals surface area contributed by atoms with Crippen molar-refractivity contribution in [2.45, 2.75) is 6.54 Å². The van der Waals surface area contributed by atoms with Crippen LogP contribution in [0.5, 0.6) is 5.75 Å². The summed E-state index contributed by atoms with van der Waals surface area (Å²) in [4.78, 5) is 31.4. The van der Waals surface area contributed by atoms with Gasteiger partial charge in [-0.2, -0.15) is 5.26 Å². The minimum atomic E-state index is -0.744. The van der Waals surface area contributed by atoms with Gasteiger partial charge >= 0.3 is 5.69 Å². The molecule has 0 aliphatic heterocycles. The highest BCUT2D eigenvalue weighted by atomic mass is 35.5. The highest BCUT2D eigenvalue weighted by Gasteiger charge is 2.22. The molecule has 34 heavy (non-hydrogen) atoms. The van der Waals surface area contributed by atoms with Crippen molar-refractivity contribution in [2.24, 2.45) is 0 Å². The maximum absolute atomic E-state index is 14.0. The number of nitrogens with zero attached hydrogens (tertiary/aromatic N) is 4. The molecular weight excluding hydrogens is 483 g/mol. The molecule has 4 rings (SSSR count). The molecule has 0 unspecified atom stereocenters. The second kappa shape index (κ2) is 9.09. The number of nitriles is 1. The van der Waals surface area contributed by atoms with Crippen molar-refractivity contribution in [1.29, 1.82) is 10.7 Å². The third-order valence-corrected chi connectivity index (χ3v) is 6.62. The van der Waals surface area contributed by atoms with Crippen LogP contribution in [0.2, 0.25) is 5.02 Å². The lowest BCUT2D eigenvalue weighted by molar-refractivity contribution is 0.387. The first-order chi connectivity index (χ1) is 16.4. The third-order valence-electron chi connectivity index (χ3n) is 5.16. The molecule has 0 atom stereocenters. The molecule has 0 radical (unpaired) electrons. The summed E-state index contributed by atoms with van der Waals surface area (Å²) in [6.07, 6.45) is 3.81. The van der Waals surface area contributed by atoms with Gasteiger partial charge in [0.25, 0.3) is 5.56 Å². The molecule has 0 spiro atoms. The van der Waals surface area contributed by atoms with Crippen molar-refractivity contribution < 1.29 is 9.13 Å². The van der Waals surface area contributed by atoms with Crippen LogP contribution in [0.4, 0.5) is 10.1 Å². The average molecular weight is 499 g/mol. The molecule has 9 nitrogen and oxygen atoms in total. The lowest BCUT2D eigenvalue weighted by Gasteiger charge is -2.14. The normalized spacial score (nSPS) is 10.8. The zero-order valence-electron chi connectivity index (χ0n) is 17.8. The molecule has 12 heteroatoms. The maximum Gasteiger partial charge on any atom is 0.337 e. The number of halogens is 2. The standard InChI is InChI=1S/C22H16ClFN6O3S/c1-27-19-11(8-26)9-28-10-16(19)30-21(31)20-15(29(4-3-25)22(30)32)7-18(34-20)12-5-17(33-2)14(24)6-13(12)23/h5-10,26H,4H2,1-2H3,(H,27,28). The van der Waals surface area contributed by atoms with Crippen molar-refractivity contribution in [3.05, 3.63) is 67.8 Å². The number of ether oxygens (including phenoxy) is 1. The molecule has 2 N–H and O–H groups in total. The number of fused-ring (bicyclic) bond motifs is 1. The number of benzene rings is 1. The highest BCUT2D eigenvalue weighted by molar-refractivity contribution is 7.22. The Morgan fingerprint density at radius 2 is 2.12 bits per heavy atom. The fourth-order valence-corrected chi connectivity index (χ4v) is 5.04. The van der Waals surface area contributed by atoms with Crippen molar-refractivity contribution in [2.75, 3.05) is 19.5 Å². The van der Waals surface area contributed by atoms with Crippen molar-refractivity contribution >= 4 is 45.1 Å². The summed E-state index contributed by atoms with van der Waals surface area (Å²) >= 11 is 7.31. The summed E-state index contributed by atoms with van der Waals surface area (Å²) in [6, 6.07) is 6.02. The van der Waals surface area contributed by atoms with Gasteiger partial charge in [0.05, 0.1) is 41.3 Å². The lowest BCUT2D eigenvalue weighted by Crippen LogP contribution is -2.38. The number of thiophene rings is 1. The zero-order valence-corrected chi connectivity index (χ0v) is 19.4. The largest absolute Gasteiger partial charge is 0.494 e. The van der Waals surface area contributed by atoms with Gasteiger partial charge in [0.2, 0.25) is 0 Å². The molecule has 0 aliphatic carbocycles. The first-order valence-electron chi connectivity index (χ1n) is 9.72. The Morgan fingerprint density at radius 1 is 1.35 bits per heavy atom. The Labute approximate surface area is 200 Å². The molecule has 0 saturated heterocycles. The van der Waals surface area contributed by atoms with Crippen LogP contribution in [0.15, 0.2) is 40.2 Å². The van der Waals surface area contributed by atoms with E-state index in [0.29, 0.717) is 21.7 Å². The number of anilines is 1. The third kappa shape index (κ3) is 3.63. The van der Waals surface area contributed by atoms with Crippen molar-refractivity contribution in [3.63, 3.8) is 0 Å². The fraction of sp³-hybridized carbons (Fsp3) is 0.136. The van der Waals surface area contributed by atoms with E-state index in [2.05, 4.69) is 10.3 Å². The Morgan fingerprint density at radius 3 is 2.76 bits per heavy atom. The van der Waals surface area contributed by atoms with Crippen LogP contribution in [0.1, 0.15) is 5.56 Å². The number of methoxy groups -OCH3 is 1. The maximum atomic E-state index is 14.0. The number of nitrogens with one attached hydrogen (secondary N) is 2. The zero-order chi connectivity index (χ0) is 24.6. The van der Waals surface area contributed by atoms with Crippen LogP contribution < -0.4 is 21.3 Å². The summed E-state index contributed by atoms with van der Waals surface area (Å²) in [5, 5.41) is 19.9. The minimum Gasteiger partial charge on any atom is -0.494 e. The molecule has 3 aromatic heterocycles. The fourth-order valence-electron chi connectivity index (χ4n) is 3.61. The monoisotopic (exact) mass is 498 g/mol. The van der Waals surface area contributed by atoms with Gasteiger partial charge in [-0.15, -0.1) is 11.3 Å². The summed E-state index contributed by atoms with van der Waals surface area (Å²) in [5.74, 6) is -0.670. The van der Waals surface area contributed by atoms with Crippen LogP contribution in [0.25, 0.3) is 26.3 Å². The molecule has 4 aromatic rings. The number of pyridine rings is 1. The van der Waals surface area contributed by atoms with Gasteiger partial charge in [0.15, 0.2) is 11.6 Å². The van der Waals surface area contributed by atoms with Gasteiger partial charge in [-0.25, -0.2) is 13.8 Å². The van der Waals surface area contributed by atoms with E-state index in [0.717, 1.165) is 28.2 Å². The molecule has 172 valence electrons. The molecule has 0 aliphatic rings. The smallest absolute Gasteiger partial charge is 0.337 e.